The second-order valence-electron chi connectivity index (χ2n) is 4.19. The zero-order valence-corrected chi connectivity index (χ0v) is 12.5. The molecule has 0 fully saturated rings. The van der Waals surface area contributed by atoms with Crippen LogP contribution in [0, 0.1) is 12.7 Å². The van der Waals surface area contributed by atoms with E-state index in [1.807, 2.05) is 0 Å². The molecule has 8 heteroatoms. The van der Waals surface area contributed by atoms with Gasteiger partial charge in [0.25, 0.3) is 10.0 Å². The first-order chi connectivity index (χ1) is 9.39. The van der Waals surface area contributed by atoms with Gasteiger partial charge < -0.3 is 0 Å². The second-order valence-corrected chi connectivity index (χ2v) is 6.34. The quantitative estimate of drug-likeness (QED) is 0.881. The maximum absolute atomic E-state index is 13.7. The third-order valence-corrected chi connectivity index (χ3v) is 4.98. The molecule has 1 heterocycles. The molecule has 0 spiro atoms. The zero-order valence-electron chi connectivity index (χ0n) is 10.9. The number of hydrogen-bond acceptors (Lipinski definition) is 3. The van der Waals surface area contributed by atoms with Gasteiger partial charge in [0.2, 0.25) is 5.03 Å². The summed E-state index contributed by atoms with van der Waals surface area (Å²) >= 11 is 5.75. The van der Waals surface area contributed by atoms with E-state index in [2.05, 4.69) is 10.2 Å². The number of aromatic nitrogens is 2. The molecule has 5 nitrogen and oxygen atoms in total. The number of alkyl halides is 1. The van der Waals surface area contributed by atoms with Crippen molar-refractivity contribution in [1.29, 1.82) is 0 Å². The van der Waals surface area contributed by atoms with Gasteiger partial charge in [-0.2, -0.15) is 13.5 Å². The SMILES string of the molecule is Cc1[nH]nc(S(=O)(=O)N(C)c2ccccc2F)c1CCl. The number of anilines is 1. The van der Waals surface area contributed by atoms with Crippen molar-refractivity contribution in [3.05, 3.63) is 41.3 Å². The summed E-state index contributed by atoms with van der Waals surface area (Å²) in [5, 5.41) is 6.17. The third-order valence-electron chi connectivity index (χ3n) is 2.97. The molecule has 0 bridgehead atoms. The van der Waals surface area contributed by atoms with Crippen LogP contribution in [0.3, 0.4) is 0 Å². The van der Waals surface area contributed by atoms with Gasteiger partial charge in [0, 0.05) is 18.3 Å². The summed E-state index contributed by atoms with van der Waals surface area (Å²) in [7, 11) is -2.70. The number of nitrogens with zero attached hydrogens (tertiary/aromatic N) is 2. The number of sulfonamides is 1. The Morgan fingerprint density at radius 3 is 2.65 bits per heavy atom. The van der Waals surface area contributed by atoms with Gasteiger partial charge in [0.1, 0.15) is 5.82 Å². The number of para-hydroxylation sites is 1. The molecular weight excluding hydrogens is 305 g/mol. The van der Waals surface area contributed by atoms with E-state index >= 15 is 0 Å². The van der Waals surface area contributed by atoms with Crippen LogP contribution < -0.4 is 4.31 Å². The largest absolute Gasteiger partial charge is 0.283 e. The Hall–Kier alpha value is -1.60. The number of rotatable bonds is 4. The molecule has 0 radical (unpaired) electrons. The predicted molar refractivity (Wildman–Crippen MR) is 74.9 cm³/mol. The van der Waals surface area contributed by atoms with Gasteiger partial charge in [0.05, 0.1) is 11.6 Å². The Kier molecular flexibility index (Phi) is 4.01. The third kappa shape index (κ3) is 2.38. The van der Waals surface area contributed by atoms with Crippen LogP contribution in [0.2, 0.25) is 0 Å². The molecule has 2 rings (SSSR count). The Bertz CT molecular complexity index is 730. The van der Waals surface area contributed by atoms with Crippen molar-refractivity contribution in [2.24, 2.45) is 0 Å². The lowest BCUT2D eigenvalue weighted by atomic mass is 10.3. The summed E-state index contributed by atoms with van der Waals surface area (Å²) < 4.78 is 39.6. The van der Waals surface area contributed by atoms with Crippen molar-refractivity contribution in [3.8, 4) is 0 Å². The fourth-order valence-electron chi connectivity index (χ4n) is 1.77. The van der Waals surface area contributed by atoms with Crippen LogP contribution in [-0.2, 0) is 15.9 Å². The lowest BCUT2D eigenvalue weighted by Gasteiger charge is -2.19. The Morgan fingerprint density at radius 1 is 1.40 bits per heavy atom. The van der Waals surface area contributed by atoms with Crippen molar-refractivity contribution < 1.29 is 12.8 Å². The highest BCUT2D eigenvalue weighted by molar-refractivity contribution is 7.92. The van der Waals surface area contributed by atoms with Gasteiger partial charge >= 0.3 is 0 Å². The first-order valence-corrected chi connectivity index (χ1v) is 7.70. The van der Waals surface area contributed by atoms with Crippen molar-refractivity contribution in [1.82, 2.24) is 10.2 Å². The van der Waals surface area contributed by atoms with Crippen LogP contribution in [-0.4, -0.2) is 25.7 Å². The summed E-state index contributed by atoms with van der Waals surface area (Å²) in [5.74, 6) is -0.625. The normalized spacial score (nSPS) is 11.6. The van der Waals surface area contributed by atoms with Gasteiger partial charge in [0.15, 0.2) is 0 Å². The Morgan fingerprint density at radius 2 is 2.05 bits per heavy atom. The van der Waals surface area contributed by atoms with Crippen LogP contribution >= 0.6 is 11.6 Å². The number of aryl methyl sites for hydroxylation is 1. The zero-order chi connectivity index (χ0) is 14.9. The van der Waals surface area contributed by atoms with Crippen molar-refractivity contribution in [2.45, 2.75) is 17.8 Å². The number of halogens is 2. The minimum Gasteiger partial charge on any atom is -0.281 e. The molecule has 2 aromatic rings. The number of aromatic amines is 1. The topological polar surface area (TPSA) is 66.1 Å². The first kappa shape index (κ1) is 14.8. The van der Waals surface area contributed by atoms with E-state index in [1.54, 1.807) is 13.0 Å². The standard InChI is InChI=1S/C12H13ClFN3O2S/c1-8-9(7-13)12(16-15-8)20(18,19)17(2)11-6-4-3-5-10(11)14/h3-6H,7H2,1-2H3,(H,15,16). The Labute approximate surface area is 121 Å². The van der Waals surface area contributed by atoms with Crippen LogP contribution in [0.5, 0.6) is 0 Å². The van der Waals surface area contributed by atoms with E-state index in [4.69, 9.17) is 11.6 Å². The smallest absolute Gasteiger partial charge is 0.281 e. The van der Waals surface area contributed by atoms with E-state index in [1.165, 1.54) is 25.2 Å². The minimum atomic E-state index is -3.97. The Balaban J connectivity index is 2.53. The molecule has 0 aliphatic heterocycles. The van der Waals surface area contributed by atoms with E-state index in [0.29, 0.717) is 11.3 Å². The maximum atomic E-state index is 13.7. The summed E-state index contributed by atoms with van der Waals surface area (Å²) in [6.45, 7) is 1.67. The fraction of sp³-hybridized carbons (Fsp3) is 0.250. The highest BCUT2D eigenvalue weighted by Crippen LogP contribution is 2.26. The number of benzene rings is 1. The predicted octanol–water partition coefficient (Wildman–Crippen LogP) is 2.42. The molecule has 0 saturated carbocycles. The highest BCUT2D eigenvalue weighted by Gasteiger charge is 2.29. The van der Waals surface area contributed by atoms with Crippen LogP contribution in [0.4, 0.5) is 10.1 Å². The van der Waals surface area contributed by atoms with Gasteiger partial charge in [-0.1, -0.05) is 12.1 Å². The summed E-state index contributed by atoms with van der Waals surface area (Å²) in [5.41, 5.74) is 0.907. The van der Waals surface area contributed by atoms with Crippen molar-refractivity contribution in [2.75, 3.05) is 11.4 Å². The molecule has 20 heavy (non-hydrogen) atoms. The van der Waals surface area contributed by atoms with E-state index < -0.39 is 15.8 Å². The molecule has 1 aromatic heterocycles. The number of nitrogens with one attached hydrogen (secondary N) is 1. The van der Waals surface area contributed by atoms with E-state index in [0.717, 1.165) is 4.31 Å². The first-order valence-electron chi connectivity index (χ1n) is 5.73. The summed E-state index contributed by atoms with van der Waals surface area (Å²) in [6, 6.07) is 5.62. The monoisotopic (exact) mass is 317 g/mol. The van der Waals surface area contributed by atoms with E-state index in [9.17, 15) is 12.8 Å². The molecule has 0 atom stereocenters. The van der Waals surface area contributed by atoms with Crippen LogP contribution in [0.25, 0.3) is 0 Å². The molecule has 1 N–H and O–H groups in total. The number of hydrogen-bond donors (Lipinski definition) is 1. The molecule has 0 aliphatic carbocycles. The average molecular weight is 318 g/mol. The summed E-state index contributed by atoms with van der Waals surface area (Å²) in [4.78, 5) is 0. The lowest BCUT2D eigenvalue weighted by Crippen LogP contribution is -2.28. The van der Waals surface area contributed by atoms with Crippen molar-refractivity contribution >= 4 is 27.3 Å². The average Bonchev–Trinajstić information content (AvgIpc) is 2.80. The van der Waals surface area contributed by atoms with Gasteiger partial charge in [-0.05, 0) is 19.1 Å². The van der Waals surface area contributed by atoms with E-state index in [-0.39, 0.29) is 16.6 Å². The van der Waals surface area contributed by atoms with Crippen molar-refractivity contribution in [3.63, 3.8) is 0 Å². The van der Waals surface area contributed by atoms with Crippen LogP contribution in [0.1, 0.15) is 11.3 Å². The van der Waals surface area contributed by atoms with Gasteiger partial charge in [-0.15, -0.1) is 11.6 Å². The fourth-order valence-corrected chi connectivity index (χ4v) is 3.54. The lowest BCUT2D eigenvalue weighted by molar-refractivity contribution is 0.585. The molecule has 0 unspecified atom stereocenters. The minimum absolute atomic E-state index is 0.00199. The molecule has 0 amide bonds. The second kappa shape index (κ2) is 5.41. The molecule has 108 valence electrons. The molecule has 0 saturated heterocycles. The van der Waals surface area contributed by atoms with Gasteiger partial charge in [-0.3, -0.25) is 9.40 Å². The molecule has 1 aromatic carbocycles. The summed E-state index contributed by atoms with van der Waals surface area (Å²) in [6.07, 6.45) is 0. The van der Waals surface area contributed by atoms with Gasteiger partial charge in [-0.25, -0.2) is 4.39 Å². The van der Waals surface area contributed by atoms with Crippen LogP contribution in [0.15, 0.2) is 29.3 Å². The molecular formula is C12H13ClFN3O2S. The number of H-pyrrole nitrogens is 1. The highest BCUT2D eigenvalue weighted by atomic mass is 35.5. The molecule has 0 aliphatic rings. The maximum Gasteiger partial charge on any atom is 0.283 e.